The fourth-order valence-corrected chi connectivity index (χ4v) is 1.36. The molecule has 0 bridgehead atoms. The lowest BCUT2D eigenvalue weighted by Crippen LogP contribution is -2.02. The molecule has 88 valence electrons. The van der Waals surface area contributed by atoms with Crippen molar-refractivity contribution in [1.82, 2.24) is 5.16 Å². The number of carboxylic acid groups (broad SMARTS) is 1. The van der Waals surface area contributed by atoms with Crippen LogP contribution in [0.4, 0.5) is 0 Å². The molecule has 17 heavy (non-hydrogen) atoms. The van der Waals surface area contributed by atoms with Crippen molar-refractivity contribution in [2.24, 2.45) is 0 Å². The van der Waals surface area contributed by atoms with Crippen molar-refractivity contribution in [3.05, 3.63) is 46.8 Å². The highest BCUT2D eigenvalue weighted by atomic mass is 35.5. The number of halogens is 1. The van der Waals surface area contributed by atoms with E-state index in [0.29, 0.717) is 16.3 Å². The normalized spacial score (nSPS) is 10.2. The summed E-state index contributed by atoms with van der Waals surface area (Å²) < 4.78 is 9.96. The van der Waals surface area contributed by atoms with Crippen LogP contribution in [0.1, 0.15) is 16.1 Å². The molecule has 1 N–H and O–H groups in total. The van der Waals surface area contributed by atoms with Crippen molar-refractivity contribution in [2.45, 2.75) is 6.61 Å². The first-order valence-corrected chi connectivity index (χ1v) is 5.10. The molecule has 0 saturated carbocycles. The average Bonchev–Trinajstić information content (AvgIpc) is 2.76. The summed E-state index contributed by atoms with van der Waals surface area (Å²) in [5, 5.41) is 12.8. The molecule has 1 aromatic heterocycles. The van der Waals surface area contributed by atoms with E-state index in [9.17, 15) is 4.79 Å². The van der Waals surface area contributed by atoms with Gasteiger partial charge < -0.3 is 14.4 Å². The molecule has 0 fully saturated rings. The van der Waals surface area contributed by atoms with Gasteiger partial charge in [-0.2, -0.15) is 0 Å². The van der Waals surface area contributed by atoms with Crippen molar-refractivity contribution in [3.8, 4) is 5.75 Å². The Hall–Kier alpha value is -2.01. The van der Waals surface area contributed by atoms with Gasteiger partial charge in [-0.05, 0) is 24.3 Å². The van der Waals surface area contributed by atoms with Crippen LogP contribution in [0.3, 0.4) is 0 Å². The van der Waals surface area contributed by atoms with Crippen LogP contribution < -0.4 is 4.74 Å². The highest BCUT2D eigenvalue weighted by molar-refractivity contribution is 6.30. The monoisotopic (exact) mass is 253 g/mol. The Balaban J connectivity index is 2.05. The van der Waals surface area contributed by atoms with Crippen LogP contribution >= 0.6 is 11.6 Å². The number of hydrogen-bond donors (Lipinski definition) is 1. The lowest BCUT2D eigenvalue weighted by atomic mass is 10.3. The van der Waals surface area contributed by atoms with Gasteiger partial charge in [0, 0.05) is 5.02 Å². The Kier molecular flexibility index (Phi) is 3.30. The summed E-state index contributed by atoms with van der Waals surface area (Å²) in [7, 11) is 0. The van der Waals surface area contributed by atoms with E-state index < -0.39 is 5.97 Å². The maximum Gasteiger partial charge on any atom is 0.375 e. The van der Waals surface area contributed by atoms with Gasteiger partial charge in [0.05, 0.1) is 11.8 Å². The molecule has 0 saturated heterocycles. The van der Waals surface area contributed by atoms with Crippen molar-refractivity contribution >= 4 is 17.6 Å². The van der Waals surface area contributed by atoms with Crippen LogP contribution in [-0.2, 0) is 6.61 Å². The molecule has 1 aromatic carbocycles. The standard InChI is InChI=1S/C11H8ClNO4/c12-8-1-3-9(4-2-8)16-6-7-5-13-17-10(7)11(14)15/h1-5H,6H2,(H,14,15). The number of nitrogens with zero attached hydrogens (tertiary/aromatic N) is 1. The van der Waals surface area contributed by atoms with Crippen LogP contribution in [0.15, 0.2) is 35.0 Å². The van der Waals surface area contributed by atoms with Gasteiger partial charge in [-0.1, -0.05) is 16.8 Å². The van der Waals surface area contributed by atoms with Crippen molar-refractivity contribution in [2.75, 3.05) is 0 Å². The zero-order valence-electron chi connectivity index (χ0n) is 8.59. The second kappa shape index (κ2) is 4.88. The number of aromatic carboxylic acids is 1. The molecule has 2 rings (SSSR count). The third-order valence-electron chi connectivity index (χ3n) is 2.05. The zero-order valence-corrected chi connectivity index (χ0v) is 9.35. The topological polar surface area (TPSA) is 72.6 Å². The molecular formula is C11H8ClNO4. The molecule has 2 aromatic rings. The Morgan fingerprint density at radius 1 is 1.41 bits per heavy atom. The van der Waals surface area contributed by atoms with Gasteiger partial charge in [-0.3, -0.25) is 0 Å². The van der Waals surface area contributed by atoms with E-state index in [1.165, 1.54) is 6.20 Å². The van der Waals surface area contributed by atoms with Gasteiger partial charge >= 0.3 is 5.97 Å². The fourth-order valence-electron chi connectivity index (χ4n) is 1.23. The number of rotatable bonds is 4. The lowest BCUT2D eigenvalue weighted by Gasteiger charge is -2.04. The van der Waals surface area contributed by atoms with Gasteiger partial charge in [-0.15, -0.1) is 0 Å². The summed E-state index contributed by atoms with van der Waals surface area (Å²) in [4.78, 5) is 10.7. The van der Waals surface area contributed by atoms with Crippen LogP contribution in [0.2, 0.25) is 5.02 Å². The Morgan fingerprint density at radius 2 is 2.12 bits per heavy atom. The summed E-state index contributed by atoms with van der Waals surface area (Å²) in [5.41, 5.74) is 0.382. The number of benzene rings is 1. The molecule has 0 radical (unpaired) electrons. The summed E-state index contributed by atoms with van der Waals surface area (Å²) in [6.07, 6.45) is 1.32. The minimum atomic E-state index is -1.17. The molecule has 1 heterocycles. The summed E-state index contributed by atoms with van der Waals surface area (Å²) >= 11 is 5.72. The van der Waals surface area contributed by atoms with Crippen LogP contribution in [0.5, 0.6) is 5.75 Å². The molecule has 0 spiro atoms. The number of hydrogen-bond acceptors (Lipinski definition) is 4. The van der Waals surface area contributed by atoms with Gasteiger partial charge in [0.2, 0.25) is 0 Å². The van der Waals surface area contributed by atoms with Gasteiger partial charge in [-0.25, -0.2) is 4.79 Å². The number of ether oxygens (including phenoxy) is 1. The van der Waals surface area contributed by atoms with Crippen LogP contribution in [0.25, 0.3) is 0 Å². The maximum atomic E-state index is 10.7. The number of aromatic nitrogens is 1. The van der Waals surface area contributed by atoms with Crippen LogP contribution in [0, 0.1) is 0 Å². The van der Waals surface area contributed by atoms with Crippen LogP contribution in [-0.4, -0.2) is 16.2 Å². The van der Waals surface area contributed by atoms with Gasteiger partial charge in [0.1, 0.15) is 12.4 Å². The molecule has 0 amide bonds. The second-order valence-electron chi connectivity index (χ2n) is 3.23. The molecule has 0 aliphatic carbocycles. The quantitative estimate of drug-likeness (QED) is 0.907. The number of carboxylic acids is 1. The molecule has 0 unspecified atom stereocenters. The zero-order chi connectivity index (χ0) is 12.3. The molecule has 6 heteroatoms. The summed E-state index contributed by atoms with van der Waals surface area (Å²) in [5.74, 6) is -0.789. The molecular weight excluding hydrogens is 246 g/mol. The maximum absolute atomic E-state index is 10.7. The van der Waals surface area contributed by atoms with E-state index in [1.807, 2.05) is 0 Å². The number of carbonyl (C=O) groups is 1. The second-order valence-corrected chi connectivity index (χ2v) is 3.66. The fraction of sp³-hybridized carbons (Fsp3) is 0.0909. The predicted molar refractivity (Wildman–Crippen MR) is 59.2 cm³/mol. The summed E-state index contributed by atoms with van der Waals surface area (Å²) in [6, 6.07) is 6.75. The Labute approximate surface area is 102 Å². The third kappa shape index (κ3) is 2.76. The Morgan fingerprint density at radius 3 is 2.76 bits per heavy atom. The average molecular weight is 254 g/mol. The molecule has 0 aliphatic heterocycles. The first kappa shape index (κ1) is 11.5. The highest BCUT2D eigenvalue weighted by Gasteiger charge is 2.15. The van der Waals surface area contributed by atoms with Crippen molar-refractivity contribution in [3.63, 3.8) is 0 Å². The van der Waals surface area contributed by atoms with Gasteiger partial charge in [0.25, 0.3) is 5.76 Å². The molecule has 0 aliphatic rings. The summed E-state index contributed by atoms with van der Waals surface area (Å²) in [6.45, 7) is 0.0762. The largest absolute Gasteiger partial charge is 0.489 e. The van der Waals surface area contributed by atoms with Crippen molar-refractivity contribution in [1.29, 1.82) is 0 Å². The van der Waals surface area contributed by atoms with E-state index in [0.717, 1.165) is 0 Å². The predicted octanol–water partition coefficient (Wildman–Crippen LogP) is 2.61. The van der Waals surface area contributed by atoms with E-state index in [2.05, 4.69) is 9.68 Å². The van der Waals surface area contributed by atoms with Gasteiger partial charge in [0.15, 0.2) is 0 Å². The van der Waals surface area contributed by atoms with E-state index in [1.54, 1.807) is 24.3 Å². The first-order valence-electron chi connectivity index (χ1n) is 4.72. The molecule has 5 nitrogen and oxygen atoms in total. The van der Waals surface area contributed by atoms with Crippen molar-refractivity contribution < 1.29 is 19.2 Å². The highest BCUT2D eigenvalue weighted by Crippen LogP contribution is 2.17. The van der Waals surface area contributed by atoms with E-state index >= 15 is 0 Å². The third-order valence-corrected chi connectivity index (χ3v) is 2.30. The molecule has 0 atom stereocenters. The first-order chi connectivity index (χ1) is 8.16. The SMILES string of the molecule is O=C(O)c1oncc1COc1ccc(Cl)cc1. The van der Waals surface area contributed by atoms with E-state index in [-0.39, 0.29) is 12.4 Å². The van der Waals surface area contributed by atoms with E-state index in [4.69, 9.17) is 21.4 Å². The minimum Gasteiger partial charge on any atom is -0.489 e. The lowest BCUT2D eigenvalue weighted by molar-refractivity contribution is 0.0648. The smallest absolute Gasteiger partial charge is 0.375 e. The minimum absolute atomic E-state index is 0.0762. The Bertz CT molecular complexity index is 521.